The van der Waals surface area contributed by atoms with Crippen molar-refractivity contribution in [2.75, 3.05) is 24.5 Å². The first kappa shape index (κ1) is 29.7. The quantitative estimate of drug-likeness (QED) is 0.137. The van der Waals surface area contributed by atoms with E-state index in [4.69, 9.17) is 0 Å². The number of hydrogen-bond donors (Lipinski definition) is 1. The number of carbonyl (C=O) groups is 2. The second kappa shape index (κ2) is 14.9. The van der Waals surface area contributed by atoms with Crippen LogP contribution in [0.15, 0.2) is 114 Å². The molecule has 1 heterocycles. The van der Waals surface area contributed by atoms with Gasteiger partial charge in [0.1, 0.15) is 0 Å². The number of hydrogen-bond acceptors (Lipinski definition) is 4. The Bertz CT molecular complexity index is 1430. The number of benzene rings is 4. The van der Waals surface area contributed by atoms with Crippen LogP contribution < -0.4 is 10.2 Å². The molecule has 42 heavy (non-hydrogen) atoms. The van der Waals surface area contributed by atoms with Crippen molar-refractivity contribution < 1.29 is 9.59 Å². The lowest BCUT2D eigenvalue weighted by molar-refractivity contribution is -0.124. The van der Waals surface area contributed by atoms with Crippen molar-refractivity contribution in [3.8, 4) is 0 Å². The van der Waals surface area contributed by atoms with Gasteiger partial charge in [-0.3, -0.25) is 9.59 Å². The highest BCUT2D eigenvalue weighted by Gasteiger charge is 2.32. The number of amides is 1. The van der Waals surface area contributed by atoms with E-state index in [1.54, 1.807) is 11.8 Å². The lowest BCUT2D eigenvalue weighted by Gasteiger charge is -2.37. The average molecular weight is 577 g/mol. The fourth-order valence-corrected chi connectivity index (χ4v) is 6.77. The highest BCUT2D eigenvalue weighted by atomic mass is 32.2. The Labute approximate surface area is 254 Å². The summed E-state index contributed by atoms with van der Waals surface area (Å²) in [6, 6.07) is 37.0. The van der Waals surface area contributed by atoms with Gasteiger partial charge in [0.25, 0.3) is 0 Å². The van der Waals surface area contributed by atoms with Gasteiger partial charge in [-0.15, -0.1) is 11.8 Å². The van der Waals surface area contributed by atoms with E-state index in [1.165, 1.54) is 10.6 Å². The Balaban J connectivity index is 1.18. The van der Waals surface area contributed by atoms with Crippen LogP contribution >= 0.6 is 11.8 Å². The third kappa shape index (κ3) is 7.71. The molecule has 1 aliphatic rings. The van der Waals surface area contributed by atoms with E-state index in [0.717, 1.165) is 60.4 Å². The normalized spacial score (nSPS) is 14.4. The molecule has 4 nitrogen and oxygen atoms in total. The number of nitrogens with one attached hydrogen (secondary N) is 1. The molecule has 4 aromatic carbocycles. The molecule has 1 aliphatic heterocycles. The summed E-state index contributed by atoms with van der Waals surface area (Å²) >= 11 is 1.75. The van der Waals surface area contributed by atoms with Crippen LogP contribution in [0.25, 0.3) is 0 Å². The topological polar surface area (TPSA) is 49.4 Å². The zero-order valence-electron chi connectivity index (χ0n) is 24.4. The highest BCUT2D eigenvalue weighted by Crippen LogP contribution is 2.35. The molecule has 0 radical (unpaired) electrons. The molecule has 1 saturated heterocycles. The summed E-state index contributed by atoms with van der Waals surface area (Å²) in [6.45, 7) is 4.64. The van der Waals surface area contributed by atoms with Crippen molar-refractivity contribution in [1.29, 1.82) is 0 Å². The average Bonchev–Trinajstić information content (AvgIpc) is 3.05. The van der Waals surface area contributed by atoms with Crippen molar-refractivity contribution >= 4 is 29.1 Å². The Morgan fingerprint density at radius 3 is 2.17 bits per heavy atom. The summed E-state index contributed by atoms with van der Waals surface area (Å²) in [7, 11) is 0. The predicted octanol–water partition coefficient (Wildman–Crippen LogP) is 7.93. The van der Waals surface area contributed by atoms with E-state index in [9.17, 15) is 9.59 Å². The fourth-order valence-electron chi connectivity index (χ4n) is 5.85. The van der Waals surface area contributed by atoms with Gasteiger partial charge in [-0.05, 0) is 66.1 Å². The summed E-state index contributed by atoms with van der Waals surface area (Å²) in [5.74, 6) is 1.28. The fraction of sp³-hybridized carbons (Fsp3) is 0.297. The first-order valence-corrected chi connectivity index (χ1v) is 16.1. The van der Waals surface area contributed by atoms with Gasteiger partial charge in [0, 0.05) is 48.0 Å². The molecule has 0 bridgehead atoms. The standard InChI is InChI=1S/C37H40N2O2S/c1-2-23-38-37(41)36(29-11-5-3-6-12-29)30-21-24-39(25-22-30)32-19-17-28(18-20-32)26-35(40)34-16-10-9-13-31(34)27-42-33-14-7-4-8-15-33/h3-20,30,36H,2,21-27H2,1H3,(H,38,41). The smallest absolute Gasteiger partial charge is 0.227 e. The molecule has 1 fully saturated rings. The van der Waals surface area contributed by atoms with Crippen LogP contribution in [-0.4, -0.2) is 31.3 Å². The van der Waals surface area contributed by atoms with Crippen LogP contribution in [0.1, 0.15) is 59.2 Å². The molecular formula is C37H40N2O2S. The van der Waals surface area contributed by atoms with Gasteiger partial charge in [-0.1, -0.05) is 91.9 Å². The molecule has 0 spiro atoms. The summed E-state index contributed by atoms with van der Waals surface area (Å²) in [5, 5.41) is 3.14. The van der Waals surface area contributed by atoms with Crippen molar-refractivity contribution in [2.45, 2.75) is 49.2 Å². The zero-order chi connectivity index (χ0) is 29.1. The van der Waals surface area contributed by atoms with Gasteiger partial charge in [0.15, 0.2) is 5.78 Å². The maximum absolute atomic E-state index is 13.3. The Morgan fingerprint density at radius 2 is 1.48 bits per heavy atom. The summed E-state index contributed by atoms with van der Waals surface area (Å²) in [4.78, 5) is 30.1. The first-order chi connectivity index (χ1) is 20.6. The second-order valence-corrected chi connectivity index (χ2v) is 12.1. The maximum Gasteiger partial charge on any atom is 0.227 e. The second-order valence-electron chi connectivity index (χ2n) is 11.0. The number of piperidine rings is 1. The number of anilines is 1. The lowest BCUT2D eigenvalue weighted by atomic mass is 9.79. The van der Waals surface area contributed by atoms with Gasteiger partial charge in [0.2, 0.25) is 5.91 Å². The Hall–Kier alpha value is -3.83. The minimum atomic E-state index is -0.109. The molecule has 216 valence electrons. The summed E-state index contributed by atoms with van der Waals surface area (Å²) in [5.41, 5.74) is 5.20. The number of Topliss-reactive ketones (excluding diaryl/α,β-unsaturated/α-hetero) is 1. The molecular weight excluding hydrogens is 536 g/mol. The zero-order valence-corrected chi connectivity index (χ0v) is 25.2. The Morgan fingerprint density at radius 1 is 0.833 bits per heavy atom. The van der Waals surface area contributed by atoms with Crippen LogP contribution in [0.4, 0.5) is 5.69 Å². The number of ketones is 1. The first-order valence-electron chi connectivity index (χ1n) is 15.1. The van der Waals surface area contributed by atoms with Crippen LogP contribution in [-0.2, 0) is 17.0 Å². The van der Waals surface area contributed by atoms with E-state index in [-0.39, 0.29) is 17.6 Å². The minimum absolute atomic E-state index is 0.109. The molecule has 1 N–H and O–H groups in total. The van der Waals surface area contributed by atoms with Crippen LogP contribution in [0.5, 0.6) is 0 Å². The van der Waals surface area contributed by atoms with Crippen molar-refractivity contribution in [3.63, 3.8) is 0 Å². The van der Waals surface area contributed by atoms with Crippen molar-refractivity contribution in [2.24, 2.45) is 5.92 Å². The van der Waals surface area contributed by atoms with Gasteiger partial charge in [-0.25, -0.2) is 0 Å². The molecule has 5 heteroatoms. The molecule has 1 atom stereocenters. The van der Waals surface area contributed by atoms with Gasteiger partial charge in [0.05, 0.1) is 5.92 Å². The third-order valence-electron chi connectivity index (χ3n) is 8.12. The van der Waals surface area contributed by atoms with E-state index >= 15 is 0 Å². The Kier molecular flexibility index (Phi) is 10.5. The molecule has 1 unspecified atom stereocenters. The van der Waals surface area contributed by atoms with Crippen molar-refractivity contribution in [1.82, 2.24) is 5.32 Å². The van der Waals surface area contributed by atoms with Gasteiger partial charge in [-0.2, -0.15) is 0 Å². The van der Waals surface area contributed by atoms with Crippen LogP contribution in [0, 0.1) is 5.92 Å². The lowest BCUT2D eigenvalue weighted by Crippen LogP contribution is -2.40. The largest absolute Gasteiger partial charge is 0.372 e. The van der Waals surface area contributed by atoms with Gasteiger partial charge >= 0.3 is 0 Å². The number of nitrogens with zero attached hydrogens (tertiary/aromatic N) is 1. The van der Waals surface area contributed by atoms with E-state index in [0.29, 0.717) is 18.9 Å². The van der Waals surface area contributed by atoms with Crippen LogP contribution in [0.3, 0.4) is 0 Å². The third-order valence-corrected chi connectivity index (χ3v) is 9.18. The molecule has 0 saturated carbocycles. The molecule has 0 aromatic heterocycles. The van der Waals surface area contributed by atoms with Crippen LogP contribution in [0.2, 0.25) is 0 Å². The number of rotatable bonds is 12. The van der Waals surface area contributed by atoms with E-state index in [2.05, 4.69) is 71.7 Å². The van der Waals surface area contributed by atoms with Crippen molar-refractivity contribution in [3.05, 3.63) is 131 Å². The monoisotopic (exact) mass is 576 g/mol. The number of thioether (sulfide) groups is 1. The summed E-state index contributed by atoms with van der Waals surface area (Å²) in [6.07, 6.45) is 3.27. The predicted molar refractivity (Wildman–Crippen MR) is 174 cm³/mol. The highest BCUT2D eigenvalue weighted by molar-refractivity contribution is 7.98. The summed E-state index contributed by atoms with van der Waals surface area (Å²) < 4.78 is 0. The molecule has 0 aliphatic carbocycles. The van der Waals surface area contributed by atoms with Gasteiger partial charge < -0.3 is 10.2 Å². The maximum atomic E-state index is 13.3. The molecule has 5 rings (SSSR count). The molecule has 1 amide bonds. The van der Waals surface area contributed by atoms with E-state index < -0.39 is 0 Å². The molecule has 4 aromatic rings. The minimum Gasteiger partial charge on any atom is -0.372 e. The SMILES string of the molecule is CCCNC(=O)C(c1ccccc1)C1CCN(c2ccc(CC(=O)c3ccccc3CSc3ccccc3)cc2)CC1. The van der Waals surface area contributed by atoms with E-state index in [1.807, 2.05) is 54.6 Å². The number of carbonyl (C=O) groups excluding carboxylic acids is 2.